The summed E-state index contributed by atoms with van der Waals surface area (Å²) in [4.78, 5) is 22.9. The quantitative estimate of drug-likeness (QED) is 0.808. The molecule has 0 unspecified atom stereocenters. The van der Waals surface area contributed by atoms with Crippen LogP contribution in [0.3, 0.4) is 0 Å². The number of amides is 1. The van der Waals surface area contributed by atoms with Gasteiger partial charge in [-0.05, 0) is 47.0 Å². The Hall–Kier alpha value is -1.06. The van der Waals surface area contributed by atoms with Crippen LogP contribution in [0.1, 0.15) is 53.4 Å². The highest BCUT2D eigenvalue weighted by atomic mass is 16.6. The van der Waals surface area contributed by atoms with Crippen LogP contribution in [0, 0.1) is 5.92 Å². The van der Waals surface area contributed by atoms with Crippen molar-refractivity contribution < 1.29 is 14.3 Å². The summed E-state index contributed by atoms with van der Waals surface area (Å²) in [5.41, 5.74) is -0.473. The molecule has 1 rings (SSSR count). The number of alkyl carbamates (subject to hydrolysis) is 1. The maximum Gasteiger partial charge on any atom is 0.407 e. The van der Waals surface area contributed by atoms with E-state index in [1.165, 1.54) is 0 Å². The molecule has 1 saturated carbocycles. The molecule has 98 valence electrons. The lowest BCUT2D eigenvalue weighted by Crippen LogP contribution is -2.42. The van der Waals surface area contributed by atoms with Crippen molar-refractivity contribution in [1.29, 1.82) is 0 Å². The molecular weight excluding hydrogens is 218 g/mol. The molecule has 0 saturated heterocycles. The second-order valence-corrected chi connectivity index (χ2v) is 5.82. The molecule has 0 spiro atoms. The van der Waals surface area contributed by atoms with Crippen molar-refractivity contribution >= 4 is 11.9 Å². The molecule has 0 heterocycles. The minimum absolute atomic E-state index is 0.0764. The van der Waals surface area contributed by atoms with Gasteiger partial charge < -0.3 is 10.1 Å². The summed E-state index contributed by atoms with van der Waals surface area (Å²) in [7, 11) is 0. The highest BCUT2D eigenvalue weighted by Crippen LogP contribution is 2.25. The van der Waals surface area contributed by atoms with E-state index in [-0.39, 0.29) is 23.8 Å². The lowest BCUT2D eigenvalue weighted by Gasteiger charge is -2.29. The molecule has 1 N–H and O–H groups in total. The Bertz CT molecular complexity index is 294. The standard InChI is InChI=1S/C13H23NO3/c1-9(15)10-6-5-7-11(8-10)14-12(16)17-13(2,3)4/h10-11H,5-8H2,1-4H3,(H,14,16)/t10-,11+/m0/s1. The fraction of sp³-hybridized carbons (Fsp3) is 0.846. The zero-order valence-electron chi connectivity index (χ0n) is 11.2. The molecule has 17 heavy (non-hydrogen) atoms. The predicted octanol–water partition coefficient (Wildman–Crippen LogP) is 2.66. The van der Waals surface area contributed by atoms with Gasteiger partial charge in [0.2, 0.25) is 0 Å². The largest absolute Gasteiger partial charge is 0.444 e. The van der Waals surface area contributed by atoms with Crippen LogP contribution in [0.4, 0.5) is 4.79 Å². The fourth-order valence-electron chi connectivity index (χ4n) is 2.16. The molecule has 2 atom stereocenters. The van der Waals surface area contributed by atoms with Crippen LogP contribution in [0.15, 0.2) is 0 Å². The van der Waals surface area contributed by atoms with Gasteiger partial charge in [0.05, 0.1) is 0 Å². The highest BCUT2D eigenvalue weighted by molar-refractivity contribution is 5.78. The van der Waals surface area contributed by atoms with Gasteiger partial charge in [-0.25, -0.2) is 4.79 Å². The molecule has 0 radical (unpaired) electrons. The summed E-state index contributed by atoms with van der Waals surface area (Å²) in [5, 5.41) is 2.85. The Kier molecular flexibility index (Phi) is 4.54. The van der Waals surface area contributed by atoms with Crippen LogP contribution in [-0.4, -0.2) is 23.5 Å². The minimum atomic E-state index is -0.473. The summed E-state index contributed by atoms with van der Waals surface area (Å²) in [6, 6.07) is 0.0764. The maximum absolute atomic E-state index is 11.6. The van der Waals surface area contributed by atoms with Crippen LogP contribution in [-0.2, 0) is 9.53 Å². The third-order valence-electron chi connectivity index (χ3n) is 2.97. The lowest BCUT2D eigenvalue weighted by atomic mass is 9.83. The number of Topliss-reactive ketones (excluding diaryl/α,β-unsaturated/α-hetero) is 1. The number of hydrogen-bond donors (Lipinski definition) is 1. The monoisotopic (exact) mass is 241 g/mol. The number of carbonyl (C=O) groups is 2. The second kappa shape index (κ2) is 5.52. The summed E-state index contributed by atoms with van der Waals surface area (Å²) < 4.78 is 5.20. The van der Waals surface area contributed by atoms with Crippen molar-refractivity contribution in [2.24, 2.45) is 5.92 Å². The molecule has 1 fully saturated rings. The van der Waals surface area contributed by atoms with E-state index in [4.69, 9.17) is 4.74 Å². The molecule has 1 amide bonds. The van der Waals surface area contributed by atoms with Gasteiger partial charge >= 0.3 is 6.09 Å². The molecule has 4 nitrogen and oxygen atoms in total. The van der Waals surface area contributed by atoms with Gasteiger partial charge in [0.1, 0.15) is 11.4 Å². The summed E-state index contributed by atoms with van der Waals surface area (Å²) >= 11 is 0. The first-order valence-corrected chi connectivity index (χ1v) is 6.28. The molecule has 0 aliphatic heterocycles. The van der Waals surface area contributed by atoms with Crippen molar-refractivity contribution in [3.05, 3.63) is 0 Å². The van der Waals surface area contributed by atoms with Crippen LogP contribution in [0.5, 0.6) is 0 Å². The number of ether oxygens (including phenoxy) is 1. The van der Waals surface area contributed by atoms with Crippen LogP contribution in [0.2, 0.25) is 0 Å². The Balaban J connectivity index is 2.41. The van der Waals surface area contributed by atoms with Gasteiger partial charge in [-0.3, -0.25) is 4.79 Å². The summed E-state index contributed by atoms with van der Waals surface area (Å²) in [6.45, 7) is 7.14. The van der Waals surface area contributed by atoms with Crippen LogP contribution in [0.25, 0.3) is 0 Å². The van der Waals surface area contributed by atoms with E-state index >= 15 is 0 Å². The Morgan fingerprint density at radius 2 is 1.88 bits per heavy atom. The van der Waals surface area contributed by atoms with E-state index in [1.54, 1.807) is 6.92 Å². The Labute approximate surface area is 103 Å². The van der Waals surface area contributed by atoms with Gasteiger partial charge in [0.15, 0.2) is 0 Å². The first-order chi connectivity index (χ1) is 7.78. The average Bonchev–Trinajstić information content (AvgIpc) is 2.14. The third-order valence-corrected chi connectivity index (χ3v) is 2.97. The van der Waals surface area contributed by atoms with Crippen LogP contribution < -0.4 is 5.32 Å². The van der Waals surface area contributed by atoms with E-state index in [2.05, 4.69) is 5.32 Å². The molecular formula is C13H23NO3. The molecule has 0 bridgehead atoms. The number of ketones is 1. The van der Waals surface area contributed by atoms with Gasteiger partial charge in [-0.15, -0.1) is 0 Å². The van der Waals surface area contributed by atoms with Gasteiger partial charge in [0, 0.05) is 12.0 Å². The first-order valence-electron chi connectivity index (χ1n) is 6.28. The SMILES string of the molecule is CC(=O)[C@H]1CCC[C@@H](NC(=O)OC(C)(C)C)C1. The van der Waals surface area contributed by atoms with E-state index in [9.17, 15) is 9.59 Å². The van der Waals surface area contributed by atoms with Gasteiger partial charge in [-0.1, -0.05) is 6.42 Å². The number of rotatable bonds is 2. The fourth-order valence-corrected chi connectivity index (χ4v) is 2.16. The number of hydrogen-bond acceptors (Lipinski definition) is 3. The van der Waals surface area contributed by atoms with Gasteiger partial charge in [0.25, 0.3) is 0 Å². The number of carbonyl (C=O) groups excluding carboxylic acids is 2. The van der Waals surface area contributed by atoms with Crippen LogP contribution >= 0.6 is 0 Å². The van der Waals surface area contributed by atoms with E-state index in [0.717, 1.165) is 25.7 Å². The third kappa shape index (κ3) is 5.20. The average molecular weight is 241 g/mol. The first kappa shape index (κ1) is 14.0. The summed E-state index contributed by atoms with van der Waals surface area (Å²) in [6.07, 6.45) is 3.23. The topological polar surface area (TPSA) is 55.4 Å². The number of nitrogens with one attached hydrogen (secondary N) is 1. The molecule has 4 heteroatoms. The molecule has 0 aromatic heterocycles. The predicted molar refractivity (Wildman–Crippen MR) is 65.8 cm³/mol. The molecule has 0 aromatic rings. The minimum Gasteiger partial charge on any atom is -0.444 e. The van der Waals surface area contributed by atoms with Crippen molar-refractivity contribution in [2.75, 3.05) is 0 Å². The van der Waals surface area contributed by atoms with E-state index < -0.39 is 5.60 Å². The Morgan fingerprint density at radius 3 is 2.41 bits per heavy atom. The maximum atomic E-state index is 11.6. The zero-order chi connectivity index (χ0) is 13.1. The van der Waals surface area contributed by atoms with Crippen molar-refractivity contribution in [2.45, 2.75) is 65.0 Å². The normalized spacial score (nSPS) is 25.2. The smallest absolute Gasteiger partial charge is 0.407 e. The molecule has 1 aliphatic carbocycles. The Morgan fingerprint density at radius 1 is 1.24 bits per heavy atom. The zero-order valence-corrected chi connectivity index (χ0v) is 11.2. The van der Waals surface area contributed by atoms with E-state index in [0.29, 0.717) is 0 Å². The van der Waals surface area contributed by atoms with Crippen molar-refractivity contribution in [1.82, 2.24) is 5.32 Å². The second-order valence-electron chi connectivity index (χ2n) is 5.82. The molecule has 1 aliphatic rings. The van der Waals surface area contributed by atoms with Gasteiger partial charge in [-0.2, -0.15) is 0 Å². The summed E-state index contributed by atoms with van der Waals surface area (Å²) in [5.74, 6) is 0.323. The van der Waals surface area contributed by atoms with E-state index in [1.807, 2.05) is 20.8 Å². The molecule has 0 aromatic carbocycles. The highest BCUT2D eigenvalue weighted by Gasteiger charge is 2.27. The van der Waals surface area contributed by atoms with Crippen molar-refractivity contribution in [3.63, 3.8) is 0 Å². The lowest BCUT2D eigenvalue weighted by molar-refractivity contribution is -0.121. The van der Waals surface area contributed by atoms with Crippen molar-refractivity contribution in [3.8, 4) is 0 Å².